The summed E-state index contributed by atoms with van der Waals surface area (Å²) >= 11 is 7.96. The lowest BCUT2D eigenvalue weighted by Crippen LogP contribution is -2.40. The number of fused-ring (bicyclic) bond motifs is 1. The Morgan fingerprint density at radius 1 is 1.33 bits per heavy atom. The zero-order chi connectivity index (χ0) is 21.5. The highest BCUT2D eigenvalue weighted by Crippen LogP contribution is 2.32. The first-order valence-corrected chi connectivity index (χ1v) is 12.3. The van der Waals surface area contributed by atoms with Crippen molar-refractivity contribution in [2.24, 2.45) is 4.99 Å². The van der Waals surface area contributed by atoms with Crippen LogP contribution in [0.15, 0.2) is 39.5 Å². The molecule has 1 saturated heterocycles. The van der Waals surface area contributed by atoms with Crippen LogP contribution in [0.25, 0.3) is 10.2 Å². The van der Waals surface area contributed by atoms with E-state index >= 15 is 0 Å². The average molecular weight is 484 g/mol. The third-order valence-corrected chi connectivity index (χ3v) is 9.35. The Balaban J connectivity index is 1.73. The Morgan fingerprint density at radius 2 is 2.13 bits per heavy atom. The van der Waals surface area contributed by atoms with Gasteiger partial charge in [0.2, 0.25) is 0 Å². The van der Waals surface area contributed by atoms with Gasteiger partial charge in [-0.05, 0) is 43.2 Å². The number of rotatable bonds is 4. The van der Waals surface area contributed by atoms with Crippen molar-refractivity contribution in [1.82, 2.24) is 8.87 Å². The van der Waals surface area contributed by atoms with Crippen LogP contribution >= 0.6 is 34.3 Å². The molecule has 2 aromatic heterocycles. The third kappa shape index (κ3) is 3.84. The fraction of sp³-hybridized carbons (Fsp3) is 0.263. The average Bonchev–Trinajstić information content (AvgIpc) is 3.41. The normalized spacial score (nSPS) is 18.2. The number of aromatic nitrogens is 1. The minimum absolute atomic E-state index is 0.0898. The minimum atomic E-state index is -3.85. The van der Waals surface area contributed by atoms with Crippen LogP contribution in [0.2, 0.25) is 4.34 Å². The van der Waals surface area contributed by atoms with E-state index in [2.05, 4.69) is 10.9 Å². The van der Waals surface area contributed by atoms with Crippen LogP contribution in [0.4, 0.5) is 4.39 Å². The molecule has 1 fully saturated rings. The molecule has 0 aliphatic carbocycles. The molecule has 0 bridgehead atoms. The lowest BCUT2D eigenvalue weighted by Gasteiger charge is -2.20. The van der Waals surface area contributed by atoms with Crippen LogP contribution < -0.4 is 4.80 Å². The number of halogens is 2. The van der Waals surface area contributed by atoms with Crippen molar-refractivity contribution in [2.45, 2.75) is 29.6 Å². The maximum atomic E-state index is 13.6. The molecule has 30 heavy (non-hydrogen) atoms. The summed E-state index contributed by atoms with van der Waals surface area (Å²) in [5.74, 6) is 1.53. The van der Waals surface area contributed by atoms with Crippen molar-refractivity contribution in [2.75, 3.05) is 6.54 Å². The molecular weight excluding hydrogens is 469 g/mol. The van der Waals surface area contributed by atoms with E-state index in [1.165, 1.54) is 28.6 Å². The Morgan fingerprint density at radius 3 is 2.83 bits per heavy atom. The predicted molar refractivity (Wildman–Crippen MR) is 115 cm³/mol. The SMILES string of the molecule is C#CCn1c(=NC(=O)C2CCCN2S(=O)(=O)c2ccc(Cl)s2)sc2cc(F)ccc21. The molecule has 1 aromatic carbocycles. The van der Waals surface area contributed by atoms with Crippen LogP contribution in [-0.4, -0.2) is 35.8 Å². The second-order valence-corrected chi connectivity index (χ2v) is 11.4. The highest BCUT2D eigenvalue weighted by atomic mass is 35.5. The number of thiazole rings is 1. The summed E-state index contributed by atoms with van der Waals surface area (Å²) in [5, 5.41) is 0. The fourth-order valence-corrected chi connectivity index (χ4v) is 7.69. The molecule has 3 heterocycles. The lowest BCUT2D eigenvalue weighted by molar-refractivity contribution is -0.121. The Kier molecular flexibility index (Phi) is 5.83. The summed E-state index contributed by atoms with van der Waals surface area (Å²) < 4.78 is 43.4. The highest BCUT2D eigenvalue weighted by molar-refractivity contribution is 7.91. The summed E-state index contributed by atoms with van der Waals surface area (Å²) in [6, 6.07) is 6.27. The molecule has 4 rings (SSSR count). The molecule has 1 amide bonds. The lowest BCUT2D eigenvalue weighted by atomic mass is 10.2. The van der Waals surface area contributed by atoms with Crippen molar-refractivity contribution < 1.29 is 17.6 Å². The fourth-order valence-electron chi connectivity index (χ4n) is 3.37. The number of carbonyl (C=O) groups is 1. The van der Waals surface area contributed by atoms with Crippen molar-refractivity contribution in [1.29, 1.82) is 0 Å². The Bertz CT molecular complexity index is 1350. The smallest absolute Gasteiger partial charge is 0.266 e. The second kappa shape index (κ2) is 8.24. The summed E-state index contributed by atoms with van der Waals surface area (Å²) in [6.07, 6.45) is 6.36. The van der Waals surface area contributed by atoms with E-state index in [9.17, 15) is 17.6 Å². The summed E-state index contributed by atoms with van der Waals surface area (Å²) in [7, 11) is -3.85. The molecule has 0 saturated carbocycles. The monoisotopic (exact) mass is 483 g/mol. The van der Waals surface area contributed by atoms with E-state index in [0.717, 1.165) is 22.7 Å². The molecule has 0 N–H and O–H groups in total. The zero-order valence-corrected chi connectivity index (χ0v) is 18.6. The van der Waals surface area contributed by atoms with Crippen molar-refractivity contribution in [3.8, 4) is 12.3 Å². The number of hydrogen-bond donors (Lipinski definition) is 0. The Labute approximate surface area is 185 Å². The molecular formula is C19H15ClFN3O3S3. The van der Waals surface area contributed by atoms with Crippen LogP contribution in [0.3, 0.4) is 0 Å². The van der Waals surface area contributed by atoms with Gasteiger partial charge < -0.3 is 4.57 Å². The quantitative estimate of drug-likeness (QED) is 0.533. The number of thiophene rings is 1. The molecule has 11 heteroatoms. The predicted octanol–water partition coefficient (Wildman–Crippen LogP) is 3.47. The van der Waals surface area contributed by atoms with Crippen LogP contribution in [0.1, 0.15) is 12.8 Å². The standard InChI is InChI=1S/C19H15ClFN3O3S3/c1-2-9-23-13-6-5-12(21)11-15(13)28-19(23)22-18(25)14-4-3-10-24(14)30(26,27)17-8-7-16(20)29-17/h1,5-8,11,14H,3-4,9-10H2. The van der Waals surface area contributed by atoms with E-state index in [1.54, 1.807) is 10.6 Å². The first-order chi connectivity index (χ1) is 14.3. The molecule has 0 radical (unpaired) electrons. The van der Waals surface area contributed by atoms with Gasteiger partial charge in [0.25, 0.3) is 15.9 Å². The van der Waals surface area contributed by atoms with Crippen molar-refractivity contribution >= 4 is 60.4 Å². The maximum absolute atomic E-state index is 13.6. The number of nitrogens with zero attached hydrogens (tertiary/aromatic N) is 3. The van der Waals surface area contributed by atoms with Crippen LogP contribution in [0, 0.1) is 18.2 Å². The van der Waals surface area contributed by atoms with E-state index in [4.69, 9.17) is 18.0 Å². The molecule has 6 nitrogen and oxygen atoms in total. The molecule has 3 aromatic rings. The number of terminal acetylenes is 1. The number of hydrogen-bond acceptors (Lipinski definition) is 5. The van der Waals surface area contributed by atoms with Gasteiger partial charge in [-0.25, -0.2) is 12.8 Å². The van der Waals surface area contributed by atoms with Crippen molar-refractivity contribution in [3.63, 3.8) is 0 Å². The zero-order valence-electron chi connectivity index (χ0n) is 15.4. The minimum Gasteiger partial charge on any atom is -0.305 e. The number of benzene rings is 1. The van der Waals surface area contributed by atoms with E-state index in [1.807, 2.05) is 0 Å². The first kappa shape index (κ1) is 21.2. The topological polar surface area (TPSA) is 71.7 Å². The van der Waals surface area contributed by atoms with Gasteiger partial charge >= 0.3 is 0 Å². The highest BCUT2D eigenvalue weighted by Gasteiger charge is 2.40. The van der Waals surface area contributed by atoms with Gasteiger partial charge in [0, 0.05) is 6.54 Å². The van der Waals surface area contributed by atoms with Crippen LogP contribution in [0.5, 0.6) is 0 Å². The molecule has 1 atom stereocenters. The molecule has 156 valence electrons. The summed E-state index contributed by atoms with van der Waals surface area (Å²) in [5.41, 5.74) is 0.662. The number of amides is 1. The maximum Gasteiger partial charge on any atom is 0.266 e. The second-order valence-electron chi connectivity index (χ2n) is 6.57. The van der Waals surface area contributed by atoms with Gasteiger partial charge in [-0.15, -0.1) is 17.8 Å². The van der Waals surface area contributed by atoms with Gasteiger partial charge in [0.1, 0.15) is 16.1 Å². The van der Waals surface area contributed by atoms with E-state index < -0.39 is 27.8 Å². The first-order valence-electron chi connectivity index (χ1n) is 8.89. The summed E-state index contributed by atoms with van der Waals surface area (Å²) in [4.78, 5) is 17.5. The van der Waals surface area contributed by atoms with E-state index in [0.29, 0.717) is 32.2 Å². The largest absolute Gasteiger partial charge is 0.305 e. The Hall–Kier alpha value is -2.03. The van der Waals surface area contributed by atoms with Gasteiger partial charge in [-0.2, -0.15) is 9.30 Å². The number of sulfonamides is 1. The van der Waals surface area contributed by atoms with Gasteiger partial charge in [-0.1, -0.05) is 28.9 Å². The van der Waals surface area contributed by atoms with Gasteiger partial charge in [0.05, 0.1) is 21.1 Å². The third-order valence-electron chi connectivity index (χ3n) is 4.70. The van der Waals surface area contributed by atoms with Gasteiger partial charge in [0.15, 0.2) is 4.80 Å². The van der Waals surface area contributed by atoms with Crippen molar-refractivity contribution in [3.05, 3.63) is 45.3 Å². The molecule has 1 aliphatic heterocycles. The van der Waals surface area contributed by atoms with Crippen LogP contribution in [-0.2, 0) is 21.4 Å². The molecule has 1 aliphatic rings. The number of carbonyl (C=O) groups excluding carboxylic acids is 1. The van der Waals surface area contributed by atoms with Gasteiger partial charge in [-0.3, -0.25) is 4.79 Å². The summed E-state index contributed by atoms with van der Waals surface area (Å²) in [6.45, 7) is 0.379. The molecule has 1 unspecified atom stereocenters. The molecule has 0 spiro atoms. The van der Waals surface area contributed by atoms with E-state index in [-0.39, 0.29) is 17.3 Å².